The van der Waals surface area contributed by atoms with Crippen molar-refractivity contribution in [2.24, 2.45) is 0 Å². The Bertz CT molecular complexity index is 718. The lowest BCUT2D eigenvalue weighted by Crippen LogP contribution is -2.30. The van der Waals surface area contributed by atoms with Gasteiger partial charge in [0.2, 0.25) is 0 Å². The molecule has 0 aromatic carbocycles. The van der Waals surface area contributed by atoms with Crippen molar-refractivity contribution < 1.29 is 9.53 Å². The molecule has 0 bridgehead atoms. The van der Waals surface area contributed by atoms with Gasteiger partial charge in [-0.05, 0) is 13.8 Å². The number of amides is 1. The molecule has 3 heterocycles. The fraction of sp³-hybridized carbons (Fsp3) is 0.588. The maximum absolute atomic E-state index is 12.5. The summed E-state index contributed by atoms with van der Waals surface area (Å²) in [7, 11) is 0. The van der Waals surface area contributed by atoms with Crippen LogP contribution in [0.4, 0.5) is 0 Å². The number of imidazole rings is 1. The van der Waals surface area contributed by atoms with Gasteiger partial charge in [0.1, 0.15) is 5.82 Å². The number of ether oxygens (including phenoxy) is 1. The van der Waals surface area contributed by atoms with Gasteiger partial charge in [-0.3, -0.25) is 9.89 Å². The molecular weight excluding hydrogens is 306 g/mol. The summed E-state index contributed by atoms with van der Waals surface area (Å²) in [6.45, 7) is 9.44. The van der Waals surface area contributed by atoms with Crippen LogP contribution >= 0.6 is 0 Å². The number of aromatic amines is 1. The molecule has 0 aliphatic carbocycles. The number of hydrogen-bond donors (Lipinski definition) is 2. The highest BCUT2D eigenvalue weighted by atomic mass is 16.5. The summed E-state index contributed by atoms with van der Waals surface area (Å²) >= 11 is 0. The lowest BCUT2D eigenvalue weighted by atomic mass is 9.99. The summed E-state index contributed by atoms with van der Waals surface area (Å²) < 4.78 is 7.83. The minimum absolute atomic E-state index is 0.0580. The van der Waals surface area contributed by atoms with E-state index < -0.39 is 0 Å². The molecule has 0 saturated heterocycles. The highest BCUT2D eigenvalue weighted by Gasteiger charge is 2.29. The molecule has 7 heteroatoms. The SMILES string of the molecule is CC(C)c1nccn1CCNC(=O)c1n[nH]c2c1C[C@H](C)O[C@@H]2C. The second-order valence-electron chi connectivity index (χ2n) is 6.65. The van der Waals surface area contributed by atoms with Gasteiger partial charge in [-0.2, -0.15) is 5.10 Å². The van der Waals surface area contributed by atoms with Gasteiger partial charge in [0.15, 0.2) is 5.69 Å². The van der Waals surface area contributed by atoms with Crippen LogP contribution in [0.5, 0.6) is 0 Å². The largest absolute Gasteiger partial charge is 0.369 e. The van der Waals surface area contributed by atoms with Crippen molar-refractivity contribution >= 4 is 5.91 Å². The maximum atomic E-state index is 12.5. The Kier molecular flexibility index (Phi) is 4.71. The zero-order valence-corrected chi connectivity index (χ0v) is 14.7. The molecule has 2 aromatic rings. The van der Waals surface area contributed by atoms with Gasteiger partial charge in [0.25, 0.3) is 5.91 Å². The first-order chi connectivity index (χ1) is 11.5. The summed E-state index contributed by atoms with van der Waals surface area (Å²) in [5.41, 5.74) is 2.38. The zero-order chi connectivity index (χ0) is 17.3. The van der Waals surface area contributed by atoms with Gasteiger partial charge in [-0.15, -0.1) is 0 Å². The molecule has 2 aromatic heterocycles. The second-order valence-corrected chi connectivity index (χ2v) is 6.65. The van der Waals surface area contributed by atoms with Crippen molar-refractivity contribution in [3.8, 4) is 0 Å². The number of carbonyl (C=O) groups is 1. The molecule has 1 aliphatic rings. The molecule has 0 unspecified atom stereocenters. The molecule has 3 rings (SSSR count). The number of aromatic nitrogens is 4. The van der Waals surface area contributed by atoms with E-state index in [0.717, 1.165) is 17.1 Å². The fourth-order valence-corrected chi connectivity index (χ4v) is 3.25. The van der Waals surface area contributed by atoms with E-state index in [4.69, 9.17) is 4.74 Å². The Morgan fingerprint density at radius 1 is 1.50 bits per heavy atom. The average Bonchev–Trinajstić information content (AvgIpc) is 3.13. The monoisotopic (exact) mass is 331 g/mol. The van der Waals surface area contributed by atoms with E-state index in [9.17, 15) is 4.79 Å². The fourth-order valence-electron chi connectivity index (χ4n) is 3.25. The Balaban J connectivity index is 1.63. The number of nitrogens with zero attached hydrogens (tertiary/aromatic N) is 3. The lowest BCUT2D eigenvalue weighted by Gasteiger charge is -2.25. The predicted molar refractivity (Wildman–Crippen MR) is 89.9 cm³/mol. The van der Waals surface area contributed by atoms with Crippen molar-refractivity contribution in [2.45, 2.75) is 58.8 Å². The van der Waals surface area contributed by atoms with Crippen molar-refractivity contribution in [2.75, 3.05) is 6.54 Å². The Hall–Kier alpha value is -2.15. The number of nitrogens with one attached hydrogen (secondary N) is 2. The summed E-state index contributed by atoms with van der Waals surface area (Å²) in [6.07, 6.45) is 4.48. The molecular formula is C17H25N5O2. The van der Waals surface area contributed by atoms with E-state index >= 15 is 0 Å². The summed E-state index contributed by atoms with van der Waals surface area (Å²) in [4.78, 5) is 16.8. The van der Waals surface area contributed by atoms with Crippen molar-refractivity contribution in [3.05, 3.63) is 35.2 Å². The van der Waals surface area contributed by atoms with E-state index in [0.29, 0.717) is 31.1 Å². The van der Waals surface area contributed by atoms with E-state index in [1.807, 2.05) is 20.0 Å². The van der Waals surface area contributed by atoms with Crippen LogP contribution in [0, 0.1) is 0 Å². The van der Waals surface area contributed by atoms with Gasteiger partial charge >= 0.3 is 0 Å². The molecule has 0 saturated carbocycles. The first-order valence-corrected chi connectivity index (χ1v) is 8.49. The first kappa shape index (κ1) is 16.7. The van der Waals surface area contributed by atoms with Gasteiger partial charge in [-0.1, -0.05) is 13.8 Å². The molecule has 130 valence electrons. The summed E-state index contributed by atoms with van der Waals surface area (Å²) in [6, 6.07) is 0. The topological polar surface area (TPSA) is 84.8 Å². The standard InChI is InChI=1S/C17H25N5O2/c1-10(2)16-18-5-7-22(16)8-6-19-17(23)15-13-9-11(3)24-12(4)14(13)20-21-15/h5,7,10-12H,6,8-9H2,1-4H3,(H,19,23)(H,20,21)/t11-,12+/m0/s1. The van der Waals surface area contributed by atoms with Gasteiger partial charge < -0.3 is 14.6 Å². The van der Waals surface area contributed by atoms with Crippen molar-refractivity contribution in [1.29, 1.82) is 0 Å². The number of rotatable bonds is 5. The molecule has 0 spiro atoms. The molecule has 24 heavy (non-hydrogen) atoms. The van der Waals surface area contributed by atoms with E-state index in [1.54, 1.807) is 6.20 Å². The first-order valence-electron chi connectivity index (χ1n) is 8.49. The average molecular weight is 331 g/mol. The van der Waals surface area contributed by atoms with Crippen LogP contribution in [0.1, 0.15) is 67.3 Å². The molecule has 1 amide bonds. The van der Waals surface area contributed by atoms with Crippen LogP contribution in [-0.4, -0.2) is 38.3 Å². The van der Waals surface area contributed by atoms with Crippen LogP contribution in [0.3, 0.4) is 0 Å². The molecule has 2 N–H and O–H groups in total. The van der Waals surface area contributed by atoms with Crippen LogP contribution in [0.25, 0.3) is 0 Å². The smallest absolute Gasteiger partial charge is 0.272 e. The highest BCUT2D eigenvalue weighted by Crippen LogP contribution is 2.29. The number of hydrogen-bond acceptors (Lipinski definition) is 4. The Labute approximate surface area is 141 Å². The molecule has 0 fully saturated rings. The molecule has 2 atom stereocenters. The van der Waals surface area contributed by atoms with Crippen LogP contribution in [-0.2, 0) is 17.7 Å². The normalized spacial score (nSPS) is 20.2. The minimum Gasteiger partial charge on any atom is -0.369 e. The number of fused-ring (bicyclic) bond motifs is 1. The number of carbonyl (C=O) groups excluding carboxylic acids is 1. The van der Waals surface area contributed by atoms with Crippen molar-refractivity contribution in [3.63, 3.8) is 0 Å². The van der Waals surface area contributed by atoms with E-state index in [1.165, 1.54) is 0 Å². The second kappa shape index (κ2) is 6.76. The lowest BCUT2D eigenvalue weighted by molar-refractivity contribution is -0.00697. The van der Waals surface area contributed by atoms with Crippen LogP contribution in [0.15, 0.2) is 12.4 Å². The van der Waals surface area contributed by atoms with Crippen molar-refractivity contribution in [1.82, 2.24) is 25.1 Å². The van der Waals surface area contributed by atoms with Crippen LogP contribution in [0.2, 0.25) is 0 Å². The quantitative estimate of drug-likeness (QED) is 0.879. The van der Waals surface area contributed by atoms with Gasteiger partial charge in [0.05, 0.1) is 17.9 Å². The number of H-pyrrole nitrogens is 1. The third-order valence-corrected chi connectivity index (χ3v) is 4.35. The van der Waals surface area contributed by atoms with E-state index in [-0.39, 0.29) is 18.1 Å². The third kappa shape index (κ3) is 3.21. The van der Waals surface area contributed by atoms with Gasteiger partial charge in [0, 0.05) is 43.4 Å². The summed E-state index contributed by atoms with van der Waals surface area (Å²) in [5.74, 6) is 1.25. The zero-order valence-electron chi connectivity index (χ0n) is 14.7. The molecule has 1 aliphatic heterocycles. The third-order valence-electron chi connectivity index (χ3n) is 4.35. The molecule has 7 nitrogen and oxygen atoms in total. The highest BCUT2D eigenvalue weighted by molar-refractivity contribution is 5.94. The summed E-state index contributed by atoms with van der Waals surface area (Å²) in [5, 5.41) is 10.1. The Morgan fingerprint density at radius 3 is 3.04 bits per heavy atom. The van der Waals surface area contributed by atoms with Gasteiger partial charge in [-0.25, -0.2) is 4.98 Å². The minimum atomic E-state index is -0.139. The Morgan fingerprint density at radius 2 is 2.29 bits per heavy atom. The maximum Gasteiger partial charge on any atom is 0.272 e. The molecule has 0 radical (unpaired) electrons. The van der Waals surface area contributed by atoms with Crippen LogP contribution < -0.4 is 5.32 Å². The van der Waals surface area contributed by atoms with E-state index in [2.05, 4.69) is 38.9 Å². The predicted octanol–water partition coefficient (Wildman–Crippen LogP) is 2.18.